The van der Waals surface area contributed by atoms with Crippen LogP contribution >= 0.6 is 34.4 Å². The molecule has 3 aromatic rings. The molecule has 0 aliphatic carbocycles. The number of halogens is 1. The fourth-order valence-electron chi connectivity index (χ4n) is 1.93. The van der Waals surface area contributed by atoms with Crippen molar-refractivity contribution in [3.8, 4) is 17.5 Å². The molecule has 0 aliphatic rings. The van der Waals surface area contributed by atoms with E-state index in [2.05, 4.69) is 37.7 Å². The number of ether oxygens (including phenoxy) is 2. The summed E-state index contributed by atoms with van der Waals surface area (Å²) in [6.45, 7) is 0.439. The third kappa shape index (κ3) is 4.18. The van der Waals surface area contributed by atoms with Gasteiger partial charge in [-0.05, 0) is 34.4 Å². The number of benzene rings is 1. The predicted molar refractivity (Wildman–Crippen MR) is 101 cm³/mol. The second-order valence-electron chi connectivity index (χ2n) is 4.86. The van der Waals surface area contributed by atoms with E-state index in [0.29, 0.717) is 29.3 Å². The van der Waals surface area contributed by atoms with Crippen molar-refractivity contribution in [3.63, 3.8) is 0 Å². The topological polar surface area (TPSA) is 62.1 Å². The van der Waals surface area contributed by atoms with E-state index in [1.54, 1.807) is 17.1 Å². The Hall–Kier alpha value is -1.81. The van der Waals surface area contributed by atoms with Gasteiger partial charge in [0, 0.05) is 7.05 Å². The first-order valence-electron chi connectivity index (χ1n) is 7.10. The van der Waals surface area contributed by atoms with Crippen LogP contribution in [0.3, 0.4) is 0 Å². The summed E-state index contributed by atoms with van der Waals surface area (Å²) in [6, 6.07) is 9.96. The van der Waals surface area contributed by atoms with Crippen LogP contribution in [0, 0.1) is 3.57 Å². The molecule has 0 fully saturated rings. The van der Waals surface area contributed by atoms with E-state index >= 15 is 0 Å². The molecule has 0 atom stereocenters. The summed E-state index contributed by atoms with van der Waals surface area (Å²) in [7, 11) is 1.83. The van der Waals surface area contributed by atoms with Crippen LogP contribution in [0.2, 0.25) is 0 Å². The number of aromatic nitrogens is 4. The normalized spacial score (nSPS) is 10.6. The van der Waals surface area contributed by atoms with E-state index in [9.17, 15) is 0 Å². The van der Waals surface area contributed by atoms with Gasteiger partial charge in [-0.15, -0.1) is 0 Å². The molecule has 8 heteroatoms. The van der Waals surface area contributed by atoms with Gasteiger partial charge >= 0.3 is 0 Å². The van der Waals surface area contributed by atoms with E-state index < -0.39 is 0 Å². The van der Waals surface area contributed by atoms with Crippen LogP contribution < -0.4 is 9.47 Å². The van der Waals surface area contributed by atoms with Crippen LogP contribution in [0.15, 0.2) is 47.9 Å². The Morgan fingerprint density at radius 2 is 1.92 bits per heavy atom. The number of hydrogen-bond donors (Lipinski definition) is 0. The van der Waals surface area contributed by atoms with Crippen molar-refractivity contribution < 1.29 is 9.47 Å². The lowest BCUT2D eigenvalue weighted by Gasteiger charge is -2.11. The molecule has 0 aliphatic heterocycles. The molecule has 6 nitrogen and oxygen atoms in total. The van der Waals surface area contributed by atoms with Gasteiger partial charge < -0.3 is 9.47 Å². The zero-order valence-electron chi connectivity index (χ0n) is 13.1. The van der Waals surface area contributed by atoms with Crippen molar-refractivity contribution in [2.75, 3.05) is 6.26 Å². The van der Waals surface area contributed by atoms with Crippen LogP contribution in [-0.4, -0.2) is 26.0 Å². The van der Waals surface area contributed by atoms with E-state index in [0.717, 1.165) is 9.13 Å². The first-order valence-corrected chi connectivity index (χ1v) is 9.41. The average Bonchev–Trinajstić information content (AvgIpc) is 3.01. The van der Waals surface area contributed by atoms with Gasteiger partial charge in [0.1, 0.15) is 10.2 Å². The Bertz CT molecular complexity index is 826. The van der Waals surface area contributed by atoms with Gasteiger partial charge in [-0.3, -0.25) is 4.68 Å². The summed E-state index contributed by atoms with van der Waals surface area (Å²) >= 11 is 3.58. The maximum atomic E-state index is 5.88. The molecule has 0 spiro atoms. The largest absolute Gasteiger partial charge is 0.472 e. The zero-order chi connectivity index (χ0) is 16.9. The predicted octanol–water partition coefficient (Wildman–Crippen LogP) is 3.91. The van der Waals surface area contributed by atoms with Crippen molar-refractivity contribution in [2.45, 2.75) is 11.8 Å². The van der Waals surface area contributed by atoms with Crippen molar-refractivity contribution in [3.05, 3.63) is 51.9 Å². The number of hydrogen-bond acceptors (Lipinski definition) is 6. The first-order chi connectivity index (χ1) is 11.7. The van der Waals surface area contributed by atoms with Gasteiger partial charge in [0.2, 0.25) is 11.8 Å². The highest BCUT2D eigenvalue weighted by Crippen LogP contribution is 2.32. The monoisotopic (exact) mass is 454 g/mol. The first kappa shape index (κ1) is 17.0. The fourth-order valence-corrected chi connectivity index (χ4v) is 2.79. The minimum atomic E-state index is 0.439. The Kier molecular flexibility index (Phi) is 5.56. The van der Waals surface area contributed by atoms with Gasteiger partial charge in [-0.2, -0.15) is 15.1 Å². The number of rotatable bonds is 6. The molecule has 0 unspecified atom stereocenters. The van der Waals surface area contributed by atoms with Gasteiger partial charge in [0.15, 0.2) is 10.9 Å². The number of thioether (sulfide) groups is 1. The van der Waals surface area contributed by atoms with E-state index in [4.69, 9.17) is 9.47 Å². The molecule has 124 valence electrons. The van der Waals surface area contributed by atoms with Crippen LogP contribution in [0.25, 0.3) is 0 Å². The van der Waals surface area contributed by atoms with Crippen molar-refractivity contribution in [1.82, 2.24) is 19.7 Å². The Balaban J connectivity index is 1.84. The second kappa shape index (κ2) is 7.84. The minimum absolute atomic E-state index is 0.439. The summed E-state index contributed by atoms with van der Waals surface area (Å²) in [5.41, 5.74) is 1.08. The zero-order valence-corrected chi connectivity index (χ0v) is 16.1. The van der Waals surface area contributed by atoms with Crippen molar-refractivity contribution >= 4 is 34.4 Å². The summed E-state index contributed by atoms with van der Waals surface area (Å²) in [5, 5.41) is 4.69. The lowest BCUT2D eigenvalue weighted by Crippen LogP contribution is -2.03. The SMILES string of the molecule is CSc1nc(OCc2ccccc2)c(I)c(Oc2cnn(C)c2)n1. The molecule has 2 heterocycles. The highest BCUT2D eigenvalue weighted by molar-refractivity contribution is 14.1. The molecular weight excluding hydrogens is 439 g/mol. The smallest absolute Gasteiger partial charge is 0.240 e. The molecule has 0 radical (unpaired) electrons. The van der Waals surface area contributed by atoms with Crippen molar-refractivity contribution in [2.24, 2.45) is 7.05 Å². The highest BCUT2D eigenvalue weighted by Gasteiger charge is 2.16. The molecule has 1 aromatic carbocycles. The van der Waals surface area contributed by atoms with Gasteiger partial charge in [-0.25, -0.2) is 0 Å². The standard InChI is InChI=1S/C16H15IN4O2S/c1-21-9-12(8-18-21)23-15-13(17)14(19-16(20-15)24-2)22-10-11-6-4-3-5-7-11/h3-9H,10H2,1-2H3. The third-order valence-corrected chi connectivity index (χ3v) is 4.54. The van der Waals surface area contributed by atoms with Gasteiger partial charge in [0.25, 0.3) is 0 Å². The molecule has 0 bridgehead atoms. The van der Waals surface area contributed by atoms with Gasteiger partial charge in [0.05, 0.1) is 12.4 Å². The lowest BCUT2D eigenvalue weighted by atomic mass is 10.2. The minimum Gasteiger partial charge on any atom is -0.472 e. The van der Waals surface area contributed by atoms with Crippen LogP contribution in [0.4, 0.5) is 0 Å². The summed E-state index contributed by atoms with van der Waals surface area (Å²) in [5.74, 6) is 1.60. The second-order valence-corrected chi connectivity index (χ2v) is 6.71. The molecule has 2 aromatic heterocycles. The maximum absolute atomic E-state index is 5.88. The molecule has 0 saturated carbocycles. The average molecular weight is 454 g/mol. The molecule has 24 heavy (non-hydrogen) atoms. The molecule has 0 saturated heterocycles. The lowest BCUT2D eigenvalue weighted by molar-refractivity contribution is 0.284. The summed E-state index contributed by atoms with van der Waals surface area (Å²) in [6.07, 6.45) is 5.33. The fraction of sp³-hybridized carbons (Fsp3) is 0.188. The summed E-state index contributed by atoms with van der Waals surface area (Å²) < 4.78 is 14.1. The van der Waals surface area contributed by atoms with Crippen LogP contribution in [-0.2, 0) is 13.7 Å². The van der Waals surface area contributed by atoms with Crippen molar-refractivity contribution in [1.29, 1.82) is 0 Å². The Morgan fingerprint density at radius 1 is 1.17 bits per heavy atom. The molecule has 0 N–H and O–H groups in total. The van der Waals surface area contributed by atoms with E-state index in [1.807, 2.05) is 43.6 Å². The van der Waals surface area contributed by atoms with E-state index in [-0.39, 0.29) is 0 Å². The maximum Gasteiger partial charge on any atom is 0.240 e. The Morgan fingerprint density at radius 3 is 2.58 bits per heavy atom. The van der Waals surface area contributed by atoms with Crippen LogP contribution in [0.1, 0.15) is 5.56 Å². The molecular formula is C16H15IN4O2S. The molecule has 0 amide bonds. The third-order valence-electron chi connectivity index (χ3n) is 3.07. The number of aryl methyl sites for hydroxylation is 1. The number of nitrogens with zero attached hydrogens (tertiary/aromatic N) is 4. The molecule has 3 rings (SSSR count). The Labute approximate surface area is 157 Å². The van der Waals surface area contributed by atoms with Crippen LogP contribution in [0.5, 0.6) is 17.5 Å². The quantitative estimate of drug-likeness (QED) is 0.320. The highest BCUT2D eigenvalue weighted by atomic mass is 127. The van der Waals surface area contributed by atoms with E-state index in [1.165, 1.54) is 11.8 Å². The summed E-state index contributed by atoms with van der Waals surface area (Å²) in [4.78, 5) is 8.85. The van der Waals surface area contributed by atoms with Gasteiger partial charge in [-0.1, -0.05) is 42.1 Å².